The molecule has 0 aliphatic heterocycles. The predicted octanol–water partition coefficient (Wildman–Crippen LogP) is -0.480. The number of hydrogen-bond donors (Lipinski definition) is 2. The number of nitrogens with zero attached hydrogens (tertiary/aromatic N) is 2. The third-order valence-electron chi connectivity index (χ3n) is 3.07. The Labute approximate surface area is 97.2 Å². The molecule has 7 nitrogen and oxygen atoms in total. The Bertz CT molecular complexity index is 1080. The number of rotatable bonds is 0. The molecule has 0 atom stereocenters. The van der Waals surface area contributed by atoms with E-state index in [-0.39, 0.29) is 11.0 Å². The lowest BCUT2D eigenvalue weighted by Crippen LogP contribution is -2.23. The van der Waals surface area contributed by atoms with Gasteiger partial charge < -0.3 is 4.98 Å². The number of para-hydroxylation sites is 2. The maximum absolute atomic E-state index is 12.1. The van der Waals surface area contributed by atoms with Crippen LogP contribution in [-0.4, -0.2) is 19.0 Å². The molecule has 3 aromatic heterocycles. The van der Waals surface area contributed by atoms with Crippen LogP contribution in [0.25, 0.3) is 22.1 Å². The zero-order valence-corrected chi connectivity index (χ0v) is 8.93. The molecule has 0 aliphatic carbocycles. The van der Waals surface area contributed by atoms with Crippen molar-refractivity contribution in [2.24, 2.45) is 0 Å². The first kappa shape index (κ1) is 9.23. The summed E-state index contributed by atoms with van der Waals surface area (Å²) in [5, 5.41) is 0. The Morgan fingerprint density at radius 2 is 1.56 bits per heavy atom. The van der Waals surface area contributed by atoms with Gasteiger partial charge in [0.15, 0.2) is 5.52 Å². The average molecular weight is 242 g/mol. The predicted molar refractivity (Wildman–Crippen MR) is 64.6 cm³/mol. The van der Waals surface area contributed by atoms with E-state index in [1.165, 1.54) is 9.03 Å². The fourth-order valence-electron chi connectivity index (χ4n) is 2.36. The largest absolute Gasteiger partial charge is 0.326 e. The van der Waals surface area contributed by atoms with Gasteiger partial charge in [-0.25, -0.2) is 13.8 Å². The molecule has 0 saturated heterocycles. The average Bonchev–Trinajstić information content (AvgIpc) is 2.56. The molecule has 0 spiro atoms. The maximum Gasteiger partial charge on any atom is 0.326 e. The number of H-pyrrole nitrogens is 2. The highest BCUT2D eigenvalue weighted by Crippen LogP contribution is 2.18. The Morgan fingerprint density at radius 1 is 0.889 bits per heavy atom. The van der Waals surface area contributed by atoms with Crippen molar-refractivity contribution in [1.29, 1.82) is 0 Å². The molecular formula is C11H6N4O3. The molecule has 0 amide bonds. The summed E-state index contributed by atoms with van der Waals surface area (Å²) in [6, 6.07) is 7.21. The van der Waals surface area contributed by atoms with Crippen molar-refractivity contribution in [1.82, 2.24) is 19.0 Å². The van der Waals surface area contributed by atoms with Gasteiger partial charge in [-0.15, -0.1) is 0 Å². The molecule has 0 aliphatic rings. The van der Waals surface area contributed by atoms with Crippen LogP contribution >= 0.6 is 0 Å². The summed E-state index contributed by atoms with van der Waals surface area (Å²) in [5.74, 6) is 0. The van der Waals surface area contributed by atoms with Crippen molar-refractivity contribution in [2.45, 2.75) is 0 Å². The highest BCUT2D eigenvalue weighted by Gasteiger charge is 2.20. The Balaban J connectivity index is 2.49. The summed E-state index contributed by atoms with van der Waals surface area (Å²) in [5.41, 5.74) is 0.0326. The molecule has 0 fully saturated rings. The second-order valence-corrected chi connectivity index (χ2v) is 4.05. The fraction of sp³-hybridized carbons (Fsp3) is 0. The van der Waals surface area contributed by atoms with Crippen molar-refractivity contribution in [2.75, 3.05) is 0 Å². The molecule has 18 heavy (non-hydrogen) atoms. The van der Waals surface area contributed by atoms with Gasteiger partial charge in [-0.1, -0.05) is 12.1 Å². The van der Waals surface area contributed by atoms with Crippen LogP contribution in [0, 0.1) is 0 Å². The first-order chi connectivity index (χ1) is 8.68. The van der Waals surface area contributed by atoms with Gasteiger partial charge in [-0.2, -0.15) is 0 Å². The topological polar surface area (TPSA) is 91.6 Å². The lowest BCUT2D eigenvalue weighted by atomic mass is 10.3. The van der Waals surface area contributed by atoms with Crippen LogP contribution in [0.2, 0.25) is 0 Å². The van der Waals surface area contributed by atoms with Crippen LogP contribution in [0.1, 0.15) is 0 Å². The minimum Gasteiger partial charge on any atom is -0.301 e. The Morgan fingerprint density at radius 3 is 2.28 bits per heavy atom. The zero-order valence-electron chi connectivity index (χ0n) is 8.93. The second kappa shape index (κ2) is 2.70. The van der Waals surface area contributed by atoms with E-state index in [9.17, 15) is 14.4 Å². The summed E-state index contributed by atoms with van der Waals surface area (Å²) in [4.78, 5) is 39.6. The molecule has 1 aromatic carbocycles. The monoisotopic (exact) mass is 242 g/mol. The lowest BCUT2D eigenvalue weighted by molar-refractivity contribution is 0.834. The van der Waals surface area contributed by atoms with Gasteiger partial charge in [0.1, 0.15) is 5.52 Å². The Hall–Kier alpha value is -2.83. The molecule has 0 saturated carbocycles. The molecule has 3 heterocycles. The fourth-order valence-corrected chi connectivity index (χ4v) is 2.36. The van der Waals surface area contributed by atoms with Crippen LogP contribution in [-0.2, 0) is 0 Å². The van der Waals surface area contributed by atoms with Gasteiger partial charge in [0.25, 0.3) is 11.1 Å². The van der Waals surface area contributed by atoms with Crippen molar-refractivity contribution in [3.63, 3.8) is 0 Å². The van der Waals surface area contributed by atoms with Gasteiger partial charge >= 0.3 is 5.69 Å². The normalized spacial score (nSPS) is 12.0. The number of aromatic nitrogens is 4. The summed E-state index contributed by atoms with van der Waals surface area (Å²) in [6.45, 7) is 0. The van der Waals surface area contributed by atoms with Gasteiger partial charge in [-0.05, 0) is 12.1 Å². The van der Waals surface area contributed by atoms with Crippen LogP contribution in [0.3, 0.4) is 0 Å². The van der Waals surface area contributed by atoms with E-state index < -0.39 is 16.8 Å². The molecule has 0 unspecified atom stereocenters. The van der Waals surface area contributed by atoms with E-state index in [0.29, 0.717) is 0 Å². The number of aromatic amines is 2. The quantitative estimate of drug-likeness (QED) is 0.436. The number of benzene rings is 1. The molecular weight excluding hydrogens is 236 g/mol. The second-order valence-electron chi connectivity index (χ2n) is 4.05. The van der Waals surface area contributed by atoms with Crippen LogP contribution < -0.4 is 16.8 Å². The number of nitrogens with one attached hydrogen (secondary N) is 2. The van der Waals surface area contributed by atoms with E-state index in [0.717, 1.165) is 11.0 Å². The van der Waals surface area contributed by atoms with Crippen LogP contribution in [0.4, 0.5) is 0 Å². The SMILES string of the molecule is O=c1[nH]c(=O)c2c([nH]1)c(=O)n1c3ccccc3n21. The number of hydrogen-bond acceptors (Lipinski definition) is 3. The summed E-state index contributed by atoms with van der Waals surface area (Å²) in [6.07, 6.45) is 0. The first-order valence-electron chi connectivity index (χ1n) is 5.28. The highest BCUT2D eigenvalue weighted by atomic mass is 16.2. The maximum atomic E-state index is 12.1. The molecule has 4 rings (SSSR count). The molecule has 0 bridgehead atoms. The molecule has 4 aromatic rings. The minimum atomic E-state index is -0.681. The minimum absolute atomic E-state index is 0.0277. The van der Waals surface area contributed by atoms with Gasteiger partial charge in [0.2, 0.25) is 0 Å². The lowest BCUT2D eigenvalue weighted by Gasteiger charge is -2.09. The Kier molecular flexibility index (Phi) is 1.38. The van der Waals surface area contributed by atoms with Crippen molar-refractivity contribution < 1.29 is 0 Å². The molecule has 2 N–H and O–H groups in total. The van der Waals surface area contributed by atoms with Crippen LogP contribution in [0.5, 0.6) is 0 Å². The number of fused-ring (bicyclic) bond motifs is 6. The van der Waals surface area contributed by atoms with E-state index in [4.69, 9.17) is 0 Å². The van der Waals surface area contributed by atoms with Crippen molar-refractivity contribution >= 4 is 22.1 Å². The van der Waals surface area contributed by atoms with Gasteiger partial charge in [0.05, 0.1) is 11.0 Å². The molecule has 88 valence electrons. The van der Waals surface area contributed by atoms with Crippen molar-refractivity contribution in [3.8, 4) is 0 Å². The smallest absolute Gasteiger partial charge is 0.301 e. The highest BCUT2D eigenvalue weighted by molar-refractivity contribution is 5.87. The third-order valence-corrected chi connectivity index (χ3v) is 3.07. The summed E-state index contributed by atoms with van der Waals surface area (Å²) in [7, 11) is 0. The van der Waals surface area contributed by atoms with Crippen LogP contribution in [0.15, 0.2) is 38.6 Å². The van der Waals surface area contributed by atoms with Gasteiger partial charge in [0, 0.05) is 0 Å². The zero-order chi connectivity index (χ0) is 12.4. The van der Waals surface area contributed by atoms with Crippen molar-refractivity contribution in [3.05, 3.63) is 55.5 Å². The van der Waals surface area contributed by atoms with E-state index >= 15 is 0 Å². The summed E-state index contributed by atoms with van der Waals surface area (Å²) < 4.78 is 2.87. The molecule has 0 radical (unpaired) electrons. The van der Waals surface area contributed by atoms with E-state index in [2.05, 4.69) is 9.97 Å². The van der Waals surface area contributed by atoms with E-state index in [1.54, 1.807) is 18.2 Å². The van der Waals surface area contributed by atoms with E-state index in [1.807, 2.05) is 6.07 Å². The third kappa shape index (κ3) is 0.841. The summed E-state index contributed by atoms with van der Waals surface area (Å²) >= 11 is 0. The first-order valence-corrected chi connectivity index (χ1v) is 5.28. The molecule has 7 heteroatoms. The van der Waals surface area contributed by atoms with Gasteiger partial charge in [-0.3, -0.25) is 14.6 Å². The standard InChI is InChI=1S/C11H6N4O3/c16-9-8-7(12-11(18)13-9)10(17)15-6-4-2-1-3-5(6)14(8)15/h1-4H,(H2,12,13,16,18).